The SMILES string of the molecule is CCCCC1=C2C(c3ccccc3)C(=O)C(c3ccccc3)C2COCC1. The van der Waals surface area contributed by atoms with E-state index >= 15 is 0 Å². The van der Waals surface area contributed by atoms with Gasteiger partial charge in [0, 0.05) is 5.92 Å². The van der Waals surface area contributed by atoms with E-state index in [4.69, 9.17) is 4.74 Å². The molecule has 1 saturated carbocycles. The van der Waals surface area contributed by atoms with Gasteiger partial charge in [0.25, 0.3) is 0 Å². The highest BCUT2D eigenvalue weighted by molar-refractivity contribution is 5.98. The van der Waals surface area contributed by atoms with Crippen molar-refractivity contribution in [2.75, 3.05) is 13.2 Å². The molecular weight excluding hydrogens is 332 g/mol. The number of ketones is 1. The Bertz CT molecular complexity index is 807. The Balaban J connectivity index is 1.85. The van der Waals surface area contributed by atoms with E-state index in [1.807, 2.05) is 36.4 Å². The molecule has 0 saturated heterocycles. The van der Waals surface area contributed by atoms with E-state index in [0.29, 0.717) is 12.4 Å². The highest BCUT2D eigenvalue weighted by Crippen LogP contribution is 2.51. The minimum Gasteiger partial charge on any atom is -0.380 e. The van der Waals surface area contributed by atoms with Gasteiger partial charge >= 0.3 is 0 Å². The summed E-state index contributed by atoms with van der Waals surface area (Å²) in [7, 11) is 0. The van der Waals surface area contributed by atoms with Crippen molar-refractivity contribution in [2.24, 2.45) is 5.92 Å². The molecule has 0 aromatic heterocycles. The van der Waals surface area contributed by atoms with Crippen LogP contribution in [0.15, 0.2) is 71.8 Å². The van der Waals surface area contributed by atoms with Crippen LogP contribution in [0.2, 0.25) is 0 Å². The molecule has 0 radical (unpaired) electrons. The zero-order valence-electron chi connectivity index (χ0n) is 16.1. The number of hydrogen-bond acceptors (Lipinski definition) is 2. The Morgan fingerprint density at radius 2 is 1.63 bits per heavy atom. The lowest BCUT2D eigenvalue weighted by atomic mass is 9.83. The number of carbonyl (C=O) groups excluding carboxylic acids is 1. The first-order chi connectivity index (χ1) is 13.3. The lowest BCUT2D eigenvalue weighted by molar-refractivity contribution is -0.120. The van der Waals surface area contributed by atoms with Gasteiger partial charge in [-0.1, -0.05) is 79.6 Å². The van der Waals surface area contributed by atoms with Crippen LogP contribution >= 0.6 is 0 Å². The molecule has 1 aliphatic heterocycles. The predicted octanol–water partition coefficient (Wildman–Crippen LogP) is 5.66. The fraction of sp³-hybridized carbons (Fsp3) is 0.400. The minimum atomic E-state index is -0.116. The van der Waals surface area contributed by atoms with Gasteiger partial charge in [-0.05, 0) is 36.0 Å². The number of unbranched alkanes of at least 4 members (excludes halogenated alkanes) is 1. The fourth-order valence-electron chi connectivity index (χ4n) is 4.83. The van der Waals surface area contributed by atoms with E-state index in [0.717, 1.165) is 30.6 Å². The molecule has 0 spiro atoms. The van der Waals surface area contributed by atoms with E-state index in [9.17, 15) is 4.79 Å². The maximum Gasteiger partial charge on any atom is 0.152 e. The average Bonchev–Trinajstić information content (AvgIpc) is 2.86. The van der Waals surface area contributed by atoms with Gasteiger partial charge in [0.2, 0.25) is 0 Å². The van der Waals surface area contributed by atoms with Crippen LogP contribution in [-0.2, 0) is 9.53 Å². The van der Waals surface area contributed by atoms with Crippen LogP contribution in [0.3, 0.4) is 0 Å². The first-order valence-corrected chi connectivity index (χ1v) is 10.2. The first kappa shape index (κ1) is 18.2. The second kappa shape index (κ2) is 8.22. The summed E-state index contributed by atoms with van der Waals surface area (Å²) in [5, 5.41) is 0. The molecule has 140 valence electrons. The molecule has 1 heterocycles. The Morgan fingerprint density at radius 1 is 0.963 bits per heavy atom. The van der Waals surface area contributed by atoms with Gasteiger partial charge in [-0.25, -0.2) is 0 Å². The molecule has 0 N–H and O–H groups in total. The van der Waals surface area contributed by atoms with E-state index in [1.165, 1.54) is 24.0 Å². The summed E-state index contributed by atoms with van der Waals surface area (Å²) in [6, 6.07) is 20.7. The summed E-state index contributed by atoms with van der Waals surface area (Å²) in [5.41, 5.74) is 5.10. The van der Waals surface area contributed by atoms with Crippen molar-refractivity contribution < 1.29 is 9.53 Å². The van der Waals surface area contributed by atoms with Crippen LogP contribution in [-0.4, -0.2) is 19.0 Å². The molecule has 3 unspecified atom stereocenters. The van der Waals surface area contributed by atoms with Crippen molar-refractivity contribution in [3.05, 3.63) is 82.9 Å². The van der Waals surface area contributed by atoms with Gasteiger partial charge in [-0.2, -0.15) is 0 Å². The summed E-state index contributed by atoms with van der Waals surface area (Å²) in [6.45, 7) is 3.66. The number of hydrogen-bond donors (Lipinski definition) is 0. The number of Topliss-reactive ketones (excluding diaryl/α,β-unsaturated/α-hetero) is 1. The Hall–Kier alpha value is -2.19. The second-order valence-electron chi connectivity index (χ2n) is 7.73. The van der Waals surface area contributed by atoms with Gasteiger partial charge in [0.05, 0.1) is 25.0 Å². The summed E-state index contributed by atoms with van der Waals surface area (Å²) in [4.78, 5) is 13.7. The Labute approximate surface area is 162 Å². The molecule has 0 amide bonds. The maximum absolute atomic E-state index is 13.7. The molecule has 0 bridgehead atoms. The van der Waals surface area contributed by atoms with Gasteiger partial charge in [-0.15, -0.1) is 0 Å². The Morgan fingerprint density at radius 3 is 2.30 bits per heavy atom. The highest BCUT2D eigenvalue weighted by Gasteiger charge is 2.48. The normalized spacial score (nSPS) is 25.4. The van der Waals surface area contributed by atoms with Gasteiger partial charge in [0.15, 0.2) is 5.78 Å². The van der Waals surface area contributed by atoms with E-state index < -0.39 is 0 Å². The summed E-state index contributed by atoms with van der Waals surface area (Å²) in [6.07, 6.45) is 4.40. The molecule has 2 aliphatic rings. The molecule has 3 atom stereocenters. The summed E-state index contributed by atoms with van der Waals surface area (Å²) < 4.78 is 6.01. The molecule has 4 rings (SSSR count). The number of rotatable bonds is 5. The largest absolute Gasteiger partial charge is 0.380 e. The van der Waals surface area contributed by atoms with Crippen LogP contribution in [0.25, 0.3) is 0 Å². The number of benzene rings is 2. The molecule has 2 aromatic rings. The van der Waals surface area contributed by atoms with Gasteiger partial charge in [-0.3, -0.25) is 4.79 Å². The zero-order valence-corrected chi connectivity index (χ0v) is 16.1. The molecule has 27 heavy (non-hydrogen) atoms. The minimum absolute atomic E-state index is 0.0962. The molecule has 1 aliphatic carbocycles. The Kier molecular flexibility index (Phi) is 5.54. The third-order valence-electron chi connectivity index (χ3n) is 6.08. The third kappa shape index (κ3) is 3.51. The number of ether oxygens (including phenoxy) is 1. The monoisotopic (exact) mass is 360 g/mol. The third-order valence-corrected chi connectivity index (χ3v) is 6.08. The van der Waals surface area contributed by atoms with E-state index in [2.05, 4.69) is 31.2 Å². The smallest absolute Gasteiger partial charge is 0.152 e. The first-order valence-electron chi connectivity index (χ1n) is 10.2. The molecule has 1 fully saturated rings. The molecular formula is C25H28O2. The second-order valence-corrected chi connectivity index (χ2v) is 7.73. The zero-order chi connectivity index (χ0) is 18.6. The molecule has 2 nitrogen and oxygen atoms in total. The summed E-state index contributed by atoms with van der Waals surface area (Å²) >= 11 is 0. The van der Waals surface area contributed by atoms with Crippen molar-refractivity contribution in [3.63, 3.8) is 0 Å². The van der Waals surface area contributed by atoms with Crippen molar-refractivity contribution in [1.82, 2.24) is 0 Å². The molecule has 2 aromatic carbocycles. The molecule has 2 heteroatoms. The average molecular weight is 360 g/mol. The highest BCUT2D eigenvalue weighted by atomic mass is 16.5. The topological polar surface area (TPSA) is 26.3 Å². The maximum atomic E-state index is 13.7. The van der Waals surface area contributed by atoms with Crippen LogP contribution in [0.1, 0.15) is 55.6 Å². The fourth-order valence-corrected chi connectivity index (χ4v) is 4.83. The summed E-state index contributed by atoms with van der Waals surface area (Å²) in [5.74, 6) is 0.294. The van der Waals surface area contributed by atoms with Gasteiger partial charge < -0.3 is 4.74 Å². The number of carbonyl (C=O) groups is 1. The van der Waals surface area contributed by atoms with E-state index in [-0.39, 0.29) is 17.8 Å². The predicted molar refractivity (Wildman–Crippen MR) is 109 cm³/mol. The van der Waals surface area contributed by atoms with Crippen LogP contribution in [0.5, 0.6) is 0 Å². The van der Waals surface area contributed by atoms with Crippen LogP contribution < -0.4 is 0 Å². The van der Waals surface area contributed by atoms with Crippen LogP contribution in [0, 0.1) is 5.92 Å². The van der Waals surface area contributed by atoms with Crippen LogP contribution in [0.4, 0.5) is 0 Å². The van der Waals surface area contributed by atoms with E-state index in [1.54, 1.807) is 0 Å². The quantitative estimate of drug-likeness (QED) is 0.643. The van der Waals surface area contributed by atoms with Gasteiger partial charge in [0.1, 0.15) is 0 Å². The van der Waals surface area contributed by atoms with Crippen molar-refractivity contribution >= 4 is 5.78 Å². The lowest BCUT2D eigenvalue weighted by Crippen LogP contribution is -2.18. The lowest BCUT2D eigenvalue weighted by Gasteiger charge is -2.20. The van der Waals surface area contributed by atoms with Crippen molar-refractivity contribution in [2.45, 2.75) is 44.4 Å². The number of fused-ring (bicyclic) bond motifs is 1. The standard InChI is InChI=1S/C25H28O2/c1-2-3-10-20-15-16-27-17-21-22(20)24(19-13-8-5-9-14-19)25(26)23(21)18-11-6-4-7-12-18/h4-9,11-14,21,23-24H,2-3,10,15-17H2,1H3. The van der Waals surface area contributed by atoms with Crippen molar-refractivity contribution in [1.29, 1.82) is 0 Å². The van der Waals surface area contributed by atoms with Crippen molar-refractivity contribution in [3.8, 4) is 0 Å².